The van der Waals surface area contributed by atoms with E-state index in [9.17, 15) is 18.0 Å². The summed E-state index contributed by atoms with van der Waals surface area (Å²) in [5.74, 6) is -1.94. The van der Waals surface area contributed by atoms with E-state index in [1.54, 1.807) is 6.92 Å². The lowest BCUT2D eigenvalue weighted by atomic mass is 10.4. The third-order valence-corrected chi connectivity index (χ3v) is 1.85. The smallest absolute Gasteiger partial charge is 0.475 e. The number of alkyl halides is 3. The van der Waals surface area contributed by atoms with E-state index in [1.807, 2.05) is 6.92 Å². The number of nitrogens with two attached hydrogens (primary N) is 1. The standard InChI is InChI=1S/C5H11NOS.C2HF3O2/c1-3-8-5(7)4(2)6;3-2(4,5)1(6)7/h4H,3,6H2,1-2H3;(H,6,7). The number of thioether (sulfide) groups is 1. The summed E-state index contributed by atoms with van der Waals surface area (Å²) in [4.78, 5) is 19.5. The van der Waals surface area contributed by atoms with Gasteiger partial charge in [0.2, 0.25) is 5.12 Å². The first kappa shape index (κ1) is 16.7. The maximum absolute atomic E-state index is 10.6. The van der Waals surface area contributed by atoms with Gasteiger partial charge in [-0.25, -0.2) is 4.79 Å². The van der Waals surface area contributed by atoms with Crippen molar-refractivity contribution in [2.75, 3.05) is 5.75 Å². The quantitative estimate of drug-likeness (QED) is 0.767. The number of carbonyl (C=O) groups is 2. The van der Waals surface area contributed by atoms with E-state index in [0.29, 0.717) is 0 Å². The predicted molar refractivity (Wildman–Crippen MR) is 50.5 cm³/mol. The summed E-state index contributed by atoms with van der Waals surface area (Å²) in [6.45, 7) is 3.63. The lowest BCUT2D eigenvalue weighted by molar-refractivity contribution is -0.192. The molecule has 4 nitrogen and oxygen atoms in total. The van der Waals surface area contributed by atoms with Crippen LogP contribution in [0.4, 0.5) is 13.2 Å². The number of carbonyl (C=O) groups excluding carboxylic acids is 1. The Hall–Kier alpha value is -0.760. The molecule has 0 spiro atoms. The average Bonchev–Trinajstić information content (AvgIpc) is 2.03. The summed E-state index contributed by atoms with van der Waals surface area (Å²) in [6, 6.07) is -0.306. The average molecular weight is 247 g/mol. The van der Waals surface area contributed by atoms with Crippen LogP contribution < -0.4 is 5.73 Å². The SMILES string of the molecule is CCSC(=O)C(C)N.O=C(O)C(F)(F)F. The molecule has 15 heavy (non-hydrogen) atoms. The minimum absolute atomic E-state index is 0.0764. The third-order valence-electron chi connectivity index (χ3n) is 0.901. The van der Waals surface area contributed by atoms with Gasteiger partial charge >= 0.3 is 12.1 Å². The Kier molecular flexibility index (Phi) is 8.35. The van der Waals surface area contributed by atoms with Crippen molar-refractivity contribution < 1.29 is 27.9 Å². The lowest BCUT2D eigenvalue weighted by Gasteiger charge is -1.98. The fraction of sp³-hybridized carbons (Fsp3) is 0.714. The van der Waals surface area contributed by atoms with Gasteiger partial charge in [-0.3, -0.25) is 4.79 Å². The van der Waals surface area contributed by atoms with E-state index in [1.165, 1.54) is 11.8 Å². The van der Waals surface area contributed by atoms with Gasteiger partial charge in [-0.05, 0) is 12.7 Å². The Labute approximate surface area is 89.0 Å². The molecule has 0 bridgehead atoms. The van der Waals surface area contributed by atoms with E-state index >= 15 is 0 Å². The number of rotatable bonds is 2. The largest absolute Gasteiger partial charge is 0.490 e. The topological polar surface area (TPSA) is 80.4 Å². The molecular weight excluding hydrogens is 235 g/mol. The first-order valence-electron chi connectivity index (χ1n) is 3.85. The van der Waals surface area contributed by atoms with Crippen molar-refractivity contribution in [1.29, 1.82) is 0 Å². The van der Waals surface area contributed by atoms with Crippen molar-refractivity contribution >= 4 is 22.8 Å². The second-order valence-corrected chi connectivity index (χ2v) is 3.61. The minimum Gasteiger partial charge on any atom is -0.475 e. The maximum atomic E-state index is 10.6. The Morgan fingerprint density at radius 2 is 1.80 bits per heavy atom. The highest BCUT2D eigenvalue weighted by atomic mass is 32.2. The van der Waals surface area contributed by atoms with Crippen molar-refractivity contribution in [2.45, 2.75) is 26.1 Å². The molecule has 0 fully saturated rings. The zero-order chi connectivity index (χ0) is 12.6. The van der Waals surface area contributed by atoms with Crippen molar-refractivity contribution in [3.8, 4) is 0 Å². The second-order valence-electron chi connectivity index (χ2n) is 2.34. The van der Waals surface area contributed by atoms with Crippen LogP contribution in [-0.2, 0) is 9.59 Å². The molecule has 0 saturated heterocycles. The molecule has 0 aromatic carbocycles. The van der Waals surface area contributed by atoms with Gasteiger partial charge in [0.1, 0.15) is 0 Å². The highest BCUT2D eigenvalue weighted by Crippen LogP contribution is 2.13. The van der Waals surface area contributed by atoms with Gasteiger partial charge in [0.25, 0.3) is 0 Å². The van der Waals surface area contributed by atoms with Gasteiger partial charge in [0.15, 0.2) is 0 Å². The molecule has 0 aliphatic heterocycles. The number of carboxylic acid groups (broad SMARTS) is 1. The molecule has 90 valence electrons. The molecule has 0 amide bonds. The number of aliphatic carboxylic acids is 1. The summed E-state index contributed by atoms with van der Waals surface area (Å²) in [6.07, 6.45) is -5.08. The Morgan fingerprint density at radius 3 is 1.87 bits per heavy atom. The van der Waals surface area contributed by atoms with Gasteiger partial charge < -0.3 is 10.8 Å². The van der Waals surface area contributed by atoms with E-state index in [2.05, 4.69) is 0 Å². The molecule has 3 N–H and O–H groups in total. The summed E-state index contributed by atoms with van der Waals surface area (Å²) >= 11 is 1.28. The molecule has 0 aromatic rings. The number of hydrogen-bond acceptors (Lipinski definition) is 4. The number of halogens is 3. The molecule has 0 saturated carbocycles. The lowest BCUT2D eigenvalue weighted by Crippen LogP contribution is -2.23. The van der Waals surface area contributed by atoms with Crippen LogP contribution in [0.25, 0.3) is 0 Å². The molecule has 0 rings (SSSR count). The molecule has 0 aliphatic carbocycles. The fourth-order valence-corrected chi connectivity index (χ4v) is 0.821. The first-order chi connectivity index (χ1) is 6.62. The molecular formula is C7H12F3NO3S. The van der Waals surface area contributed by atoms with Gasteiger partial charge in [-0.2, -0.15) is 13.2 Å². The highest BCUT2D eigenvalue weighted by molar-refractivity contribution is 8.13. The van der Waals surface area contributed by atoms with E-state index in [4.69, 9.17) is 15.6 Å². The monoisotopic (exact) mass is 247 g/mol. The minimum atomic E-state index is -5.08. The van der Waals surface area contributed by atoms with Crippen LogP contribution >= 0.6 is 11.8 Å². The fourth-order valence-electron chi connectivity index (χ4n) is 0.274. The summed E-state index contributed by atoms with van der Waals surface area (Å²) in [5.41, 5.74) is 5.25. The van der Waals surface area contributed by atoms with Crippen molar-refractivity contribution in [3.63, 3.8) is 0 Å². The Balaban J connectivity index is 0. The van der Waals surface area contributed by atoms with Crippen LogP contribution in [0.2, 0.25) is 0 Å². The zero-order valence-electron chi connectivity index (χ0n) is 8.17. The van der Waals surface area contributed by atoms with E-state index in [0.717, 1.165) is 5.75 Å². The maximum Gasteiger partial charge on any atom is 0.490 e. The van der Waals surface area contributed by atoms with Crippen molar-refractivity contribution in [2.24, 2.45) is 5.73 Å². The van der Waals surface area contributed by atoms with Gasteiger partial charge in [0.05, 0.1) is 6.04 Å². The third kappa shape index (κ3) is 11.2. The molecule has 0 aliphatic rings. The van der Waals surface area contributed by atoms with Gasteiger partial charge in [-0.1, -0.05) is 18.7 Å². The van der Waals surface area contributed by atoms with E-state index in [-0.39, 0.29) is 11.2 Å². The zero-order valence-corrected chi connectivity index (χ0v) is 8.98. The summed E-state index contributed by atoms with van der Waals surface area (Å²) in [7, 11) is 0. The summed E-state index contributed by atoms with van der Waals surface area (Å²) in [5, 5.41) is 7.20. The van der Waals surface area contributed by atoms with Crippen LogP contribution in [0.1, 0.15) is 13.8 Å². The molecule has 0 radical (unpaired) electrons. The van der Waals surface area contributed by atoms with Crippen LogP contribution in [0.15, 0.2) is 0 Å². The Morgan fingerprint density at radius 1 is 1.47 bits per heavy atom. The predicted octanol–water partition coefficient (Wildman–Crippen LogP) is 1.25. The van der Waals surface area contributed by atoms with Crippen molar-refractivity contribution in [3.05, 3.63) is 0 Å². The van der Waals surface area contributed by atoms with Crippen LogP contribution in [0.5, 0.6) is 0 Å². The van der Waals surface area contributed by atoms with Crippen LogP contribution in [0.3, 0.4) is 0 Å². The highest BCUT2D eigenvalue weighted by Gasteiger charge is 2.38. The summed E-state index contributed by atoms with van der Waals surface area (Å²) < 4.78 is 31.7. The van der Waals surface area contributed by atoms with Crippen LogP contribution in [-0.4, -0.2) is 34.2 Å². The molecule has 1 unspecified atom stereocenters. The molecule has 1 atom stereocenters. The van der Waals surface area contributed by atoms with Gasteiger partial charge in [0, 0.05) is 0 Å². The first-order valence-corrected chi connectivity index (χ1v) is 4.83. The van der Waals surface area contributed by atoms with Crippen LogP contribution in [0, 0.1) is 0 Å². The Bertz CT molecular complexity index is 218. The normalized spacial score (nSPS) is 12.4. The molecule has 0 heterocycles. The molecule has 8 heteroatoms. The number of hydrogen-bond donors (Lipinski definition) is 2. The van der Waals surface area contributed by atoms with Crippen molar-refractivity contribution in [1.82, 2.24) is 0 Å². The number of carboxylic acids is 1. The second kappa shape index (κ2) is 7.52. The van der Waals surface area contributed by atoms with Gasteiger partial charge in [-0.15, -0.1) is 0 Å². The molecule has 0 aromatic heterocycles. The van der Waals surface area contributed by atoms with E-state index < -0.39 is 12.1 Å².